The summed E-state index contributed by atoms with van der Waals surface area (Å²) in [4.78, 5) is 15.9. The summed E-state index contributed by atoms with van der Waals surface area (Å²) in [6.45, 7) is 15.0. The van der Waals surface area contributed by atoms with Gasteiger partial charge in [-0.25, -0.2) is 0 Å². The van der Waals surface area contributed by atoms with Crippen LogP contribution in [0.25, 0.3) is 5.69 Å². The SMILES string of the molecule is CC(C)C(C)(C)CC(C)(C)C(N)=O.COc1ccc2c(c1)C(c1ccc(Cl)cc1)=NCc1nnc(C)n1-2. The number of ether oxygens (including phenoxy) is 1. The van der Waals surface area contributed by atoms with E-state index in [1.165, 1.54) is 0 Å². The standard InChI is InChI=1S/C18H15ClN4O.C11H23NO/c1-11-21-22-17-10-20-18(12-3-5-13(19)6-4-12)15-9-14(24-2)7-8-16(15)23(11)17;1-8(2)10(3,4)7-11(5,6)9(12)13/h3-9H,10H2,1-2H3;8H,7H2,1-6H3,(H2,12,13). The fourth-order valence-corrected chi connectivity index (χ4v) is 4.49. The minimum absolute atomic E-state index is 0.165. The monoisotopic (exact) mass is 523 g/mol. The van der Waals surface area contributed by atoms with Crippen molar-refractivity contribution in [2.24, 2.45) is 27.5 Å². The third-order valence-corrected chi connectivity index (χ3v) is 7.47. The summed E-state index contributed by atoms with van der Waals surface area (Å²) in [6, 6.07) is 13.6. The first-order chi connectivity index (χ1) is 17.3. The average Bonchev–Trinajstić information content (AvgIpc) is 3.11. The van der Waals surface area contributed by atoms with Crippen LogP contribution in [0.3, 0.4) is 0 Å². The molecule has 0 spiro atoms. The molecule has 37 heavy (non-hydrogen) atoms. The number of fused-ring (bicyclic) bond motifs is 3. The van der Waals surface area contributed by atoms with E-state index in [0.29, 0.717) is 17.5 Å². The molecule has 0 saturated carbocycles. The highest BCUT2D eigenvalue weighted by Crippen LogP contribution is 2.38. The van der Waals surface area contributed by atoms with Crippen molar-refractivity contribution in [2.45, 2.75) is 61.4 Å². The lowest BCUT2D eigenvalue weighted by molar-refractivity contribution is -0.127. The molecule has 7 nitrogen and oxygen atoms in total. The molecule has 0 saturated heterocycles. The lowest BCUT2D eigenvalue weighted by Crippen LogP contribution is -2.37. The highest BCUT2D eigenvalue weighted by atomic mass is 35.5. The van der Waals surface area contributed by atoms with E-state index in [2.05, 4.69) is 37.9 Å². The molecule has 3 aromatic rings. The van der Waals surface area contributed by atoms with E-state index in [-0.39, 0.29) is 11.3 Å². The van der Waals surface area contributed by atoms with Crippen LogP contribution in [0.5, 0.6) is 5.75 Å². The van der Waals surface area contributed by atoms with Gasteiger partial charge in [0.1, 0.15) is 18.1 Å². The molecule has 1 amide bonds. The number of methoxy groups -OCH3 is 1. The van der Waals surface area contributed by atoms with Crippen LogP contribution < -0.4 is 10.5 Å². The van der Waals surface area contributed by atoms with Crippen LogP contribution >= 0.6 is 11.6 Å². The summed E-state index contributed by atoms with van der Waals surface area (Å²) in [6.07, 6.45) is 0.840. The maximum absolute atomic E-state index is 11.1. The molecule has 2 heterocycles. The van der Waals surface area contributed by atoms with Gasteiger partial charge in [0.25, 0.3) is 0 Å². The number of primary amides is 1. The Morgan fingerprint density at radius 1 is 1.11 bits per heavy atom. The molecule has 0 radical (unpaired) electrons. The molecule has 0 unspecified atom stereocenters. The summed E-state index contributed by atoms with van der Waals surface area (Å²) in [7, 11) is 1.66. The number of carbonyl (C=O) groups is 1. The molecule has 1 aromatic heterocycles. The molecule has 0 aliphatic carbocycles. The Morgan fingerprint density at radius 3 is 2.32 bits per heavy atom. The van der Waals surface area contributed by atoms with E-state index in [1.807, 2.05) is 67.8 Å². The van der Waals surface area contributed by atoms with E-state index in [9.17, 15) is 4.79 Å². The molecule has 4 rings (SSSR count). The predicted octanol–water partition coefficient (Wildman–Crippen LogP) is 6.16. The quantitative estimate of drug-likeness (QED) is 0.418. The van der Waals surface area contributed by atoms with Gasteiger partial charge in [0.15, 0.2) is 5.82 Å². The van der Waals surface area contributed by atoms with Crippen LogP contribution in [0.1, 0.15) is 70.7 Å². The lowest BCUT2D eigenvalue weighted by atomic mass is 9.69. The van der Waals surface area contributed by atoms with Gasteiger partial charge in [0.2, 0.25) is 5.91 Å². The molecular weight excluding hydrogens is 486 g/mol. The van der Waals surface area contributed by atoms with E-state index < -0.39 is 5.41 Å². The summed E-state index contributed by atoms with van der Waals surface area (Å²) in [5.41, 5.74) is 8.99. The van der Waals surface area contributed by atoms with Gasteiger partial charge in [-0.1, -0.05) is 65.3 Å². The Hall–Kier alpha value is -3.19. The molecular formula is C29H38ClN5O2. The first kappa shape index (κ1) is 28.4. The number of hydrogen-bond acceptors (Lipinski definition) is 5. The van der Waals surface area contributed by atoms with Crippen molar-refractivity contribution in [3.05, 3.63) is 70.3 Å². The normalized spacial score (nSPS) is 13.1. The van der Waals surface area contributed by atoms with Gasteiger partial charge in [-0.3, -0.25) is 14.4 Å². The minimum atomic E-state index is -0.395. The van der Waals surface area contributed by atoms with Gasteiger partial charge in [-0.2, -0.15) is 0 Å². The van der Waals surface area contributed by atoms with Crippen LogP contribution in [0.15, 0.2) is 47.5 Å². The largest absolute Gasteiger partial charge is 0.497 e. The number of nitrogens with zero attached hydrogens (tertiary/aromatic N) is 4. The van der Waals surface area contributed by atoms with Crippen LogP contribution in [0.2, 0.25) is 5.02 Å². The van der Waals surface area contributed by atoms with E-state index in [0.717, 1.165) is 46.3 Å². The lowest BCUT2D eigenvalue weighted by Gasteiger charge is -2.36. The summed E-state index contributed by atoms with van der Waals surface area (Å²) < 4.78 is 7.45. The Bertz CT molecular complexity index is 1290. The molecule has 1 aliphatic rings. The second-order valence-corrected chi connectivity index (χ2v) is 11.6. The number of rotatable bonds is 6. The first-order valence-corrected chi connectivity index (χ1v) is 12.8. The van der Waals surface area contributed by atoms with Gasteiger partial charge in [-0.15, -0.1) is 10.2 Å². The fraction of sp³-hybridized carbons (Fsp3) is 0.448. The number of nitrogens with two attached hydrogens (primary N) is 1. The molecule has 2 N–H and O–H groups in total. The zero-order valence-corrected chi connectivity index (χ0v) is 23.8. The van der Waals surface area contributed by atoms with E-state index in [1.54, 1.807) is 7.11 Å². The number of aliphatic imine (C=N–C) groups is 1. The van der Waals surface area contributed by atoms with Gasteiger partial charge < -0.3 is 10.5 Å². The van der Waals surface area contributed by atoms with Gasteiger partial charge >= 0.3 is 0 Å². The van der Waals surface area contributed by atoms with Crippen molar-refractivity contribution >= 4 is 23.2 Å². The highest BCUT2D eigenvalue weighted by Gasteiger charge is 2.34. The van der Waals surface area contributed by atoms with Crippen molar-refractivity contribution in [1.29, 1.82) is 0 Å². The third kappa shape index (κ3) is 6.39. The molecule has 8 heteroatoms. The number of carbonyl (C=O) groups excluding carboxylic acids is 1. The van der Waals surface area contributed by atoms with Crippen molar-refractivity contribution in [3.63, 3.8) is 0 Å². The fourth-order valence-electron chi connectivity index (χ4n) is 4.37. The minimum Gasteiger partial charge on any atom is -0.497 e. The summed E-state index contributed by atoms with van der Waals surface area (Å²) in [5.74, 6) is 2.80. The second kappa shape index (κ2) is 11.1. The molecule has 198 valence electrons. The second-order valence-electron chi connectivity index (χ2n) is 11.1. The van der Waals surface area contributed by atoms with Crippen molar-refractivity contribution in [2.75, 3.05) is 7.11 Å². The number of aromatic nitrogens is 3. The molecule has 1 aliphatic heterocycles. The molecule has 0 bridgehead atoms. The van der Waals surface area contributed by atoms with E-state index in [4.69, 9.17) is 27.1 Å². The number of amides is 1. The van der Waals surface area contributed by atoms with Crippen molar-refractivity contribution < 1.29 is 9.53 Å². The molecule has 0 atom stereocenters. The Morgan fingerprint density at radius 2 is 1.76 bits per heavy atom. The van der Waals surface area contributed by atoms with Crippen LogP contribution in [-0.2, 0) is 11.3 Å². The van der Waals surface area contributed by atoms with Crippen molar-refractivity contribution in [3.8, 4) is 11.4 Å². The molecule has 2 aromatic carbocycles. The topological polar surface area (TPSA) is 95.4 Å². The number of aryl methyl sites for hydroxylation is 1. The van der Waals surface area contributed by atoms with Crippen molar-refractivity contribution in [1.82, 2.24) is 14.8 Å². The smallest absolute Gasteiger partial charge is 0.223 e. The maximum atomic E-state index is 11.1. The van der Waals surface area contributed by atoms with Crippen LogP contribution in [-0.4, -0.2) is 33.5 Å². The van der Waals surface area contributed by atoms with Crippen LogP contribution in [0, 0.1) is 23.7 Å². The number of halogens is 1. The molecule has 0 fully saturated rings. The zero-order chi connectivity index (χ0) is 27.5. The Labute approximate surface area is 225 Å². The van der Waals surface area contributed by atoms with E-state index >= 15 is 0 Å². The third-order valence-electron chi connectivity index (χ3n) is 7.22. The maximum Gasteiger partial charge on any atom is 0.223 e. The Kier molecular flexibility index (Phi) is 8.48. The highest BCUT2D eigenvalue weighted by molar-refractivity contribution is 6.30. The number of hydrogen-bond donors (Lipinski definition) is 1. The van der Waals surface area contributed by atoms with Gasteiger partial charge in [-0.05, 0) is 55.0 Å². The van der Waals surface area contributed by atoms with Gasteiger partial charge in [0, 0.05) is 21.6 Å². The Balaban J connectivity index is 0.000000251. The summed E-state index contributed by atoms with van der Waals surface area (Å²) >= 11 is 6.02. The zero-order valence-electron chi connectivity index (χ0n) is 23.1. The predicted molar refractivity (Wildman–Crippen MR) is 150 cm³/mol. The first-order valence-electron chi connectivity index (χ1n) is 12.5. The number of benzene rings is 2. The average molecular weight is 524 g/mol. The van der Waals surface area contributed by atoms with Crippen LogP contribution in [0.4, 0.5) is 0 Å². The van der Waals surface area contributed by atoms with Gasteiger partial charge in [0.05, 0.1) is 18.5 Å². The summed E-state index contributed by atoms with van der Waals surface area (Å²) in [5, 5.41) is 9.14.